The molecule has 0 saturated heterocycles. The molecule has 6 atom stereocenters. The molecule has 0 aromatic heterocycles. The van der Waals surface area contributed by atoms with E-state index in [1.807, 2.05) is 12.1 Å². The third-order valence-electron chi connectivity index (χ3n) is 14.0. The molecule has 1 heterocycles. The van der Waals surface area contributed by atoms with Crippen LogP contribution in [0.1, 0.15) is 149 Å². The quantitative estimate of drug-likeness (QED) is 0.0365. The Balaban J connectivity index is 1.42. The van der Waals surface area contributed by atoms with Crippen LogP contribution in [0.15, 0.2) is 96.2 Å². The first-order chi connectivity index (χ1) is 33.7. The number of nitrogens with one attached hydrogen (secondary N) is 1. The first-order valence-corrected chi connectivity index (χ1v) is 25.3. The fourth-order valence-corrected chi connectivity index (χ4v) is 10.7. The number of allylic oxidation sites excluding steroid dienone is 1. The van der Waals surface area contributed by atoms with E-state index in [1.54, 1.807) is 53.4 Å². The number of ether oxygens (including phenoxy) is 3. The number of carbonyl (C=O) groups is 2. The summed E-state index contributed by atoms with van der Waals surface area (Å²) in [5, 5.41) is 37.1. The molecule has 372 valence electrons. The number of aliphatic hydroxyl groups excluding tert-OH is 2. The normalized spacial score (nSPS) is 21.8. The number of amides is 2. The lowest BCUT2D eigenvalue weighted by Crippen LogP contribution is -2.70. The average Bonchev–Trinajstić information content (AvgIpc) is 3.36. The number of carbonyl (C=O) groups excluding carboxylic acids is 2. The maximum atomic E-state index is 15.2. The second-order valence-electron chi connectivity index (χ2n) is 18.7. The van der Waals surface area contributed by atoms with Crippen molar-refractivity contribution in [3.05, 3.63) is 119 Å². The molecule has 3 aromatic carbocycles. The Morgan fingerprint density at radius 3 is 2.26 bits per heavy atom. The standard InChI is InChI=1S/C56H73FN4O8/c1-4-6-7-8-9-10-11-12-13-16-31-59-55(65)68-45-29-30-50-48(36-45)52-46(20-15-18-33-63)43(19-14-17-32-62)35-47-49(60-66-3)37-51(56(69-50,53(47)52)67-34-5-2)61(39-41-23-27-44(57)28-24-41)54(64)42-25-21-40(38-58)22-26-42/h5,21-30,35-36,43,46,51-53,62-63H,2,4,6-20,31-34,37,39H2,1,3H3,(H,59,65). The Kier molecular flexibility index (Phi) is 20.7. The van der Waals surface area contributed by atoms with E-state index in [9.17, 15) is 24.7 Å². The first-order valence-electron chi connectivity index (χ1n) is 25.3. The molecule has 3 N–H and O–H groups in total. The average molecular weight is 949 g/mol. The van der Waals surface area contributed by atoms with E-state index in [4.69, 9.17) is 19.0 Å². The van der Waals surface area contributed by atoms with Crippen molar-refractivity contribution in [1.29, 1.82) is 5.26 Å². The monoisotopic (exact) mass is 949 g/mol. The molecule has 2 amide bonds. The van der Waals surface area contributed by atoms with Gasteiger partial charge in [-0.15, -0.1) is 6.58 Å². The number of hydrogen-bond acceptors (Lipinski definition) is 10. The van der Waals surface area contributed by atoms with Crippen LogP contribution in [0.25, 0.3) is 0 Å². The van der Waals surface area contributed by atoms with Gasteiger partial charge < -0.3 is 39.5 Å². The largest absolute Gasteiger partial charge is 0.459 e. The van der Waals surface area contributed by atoms with Crippen LogP contribution in [0.5, 0.6) is 11.5 Å². The van der Waals surface area contributed by atoms with Crippen molar-refractivity contribution in [3.63, 3.8) is 0 Å². The summed E-state index contributed by atoms with van der Waals surface area (Å²) in [6, 6.07) is 19.1. The lowest BCUT2D eigenvalue weighted by atomic mass is 9.55. The summed E-state index contributed by atoms with van der Waals surface area (Å²) in [6.07, 6.45) is 19.7. The van der Waals surface area contributed by atoms with Crippen molar-refractivity contribution in [2.45, 2.75) is 140 Å². The van der Waals surface area contributed by atoms with Crippen molar-refractivity contribution in [1.82, 2.24) is 10.2 Å². The summed E-state index contributed by atoms with van der Waals surface area (Å²) in [7, 11) is 1.49. The highest BCUT2D eigenvalue weighted by molar-refractivity contribution is 6.03. The second-order valence-corrected chi connectivity index (χ2v) is 18.7. The van der Waals surface area contributed by atoms with Crippen LogP contribution in [0.4, 0.5) is 9.18 Å². The van der Waals surface area contributed by atoms with Gasteiger partial charge in [0.1, 0.15) is 30.5 Å². The Hall–Kier alpha value is -5.55. The van der Waals surface area contributed by atoms with Crippen molar-refractivity contribution < 1.29 is 43.2 Å². The van der Waals surface area contributed by atoms with Gasteiger partial charge in [0.05, 0.1) is 29.9 Å². The van der Waals surface area contributed by atoms with Crippen LogP contribution < -0.4 is 14.8 Å². The Morgan fingerprint density at radius 2 is 1.61 bits per heavy atom. The third kappa shape index (κ3) is 13.6. The summed E-state index contributed by atoms with van der Waals surface area (Å²) in [6.45, 7) is 6.97. The maximum absolute atomic E-state index is 15.2. The number of nitriles is 1. The lowest BCUT2D eigenvalue weighted by Gasteiger charge is -2.60. The maximum Gasteiger partial charge on any atom is 0.412 e. The lowest BCUT2D eigenvalue weighted by molar-refractivity contribution is -0.255. The van der Waals surface area contributed by atoms with Gasteiger partial charge in [-0.05, 0) is 110 Å². The Labute approximate surface area is 408 Å². The van der Waals surface area contributed by atoms with E-state index < -0.39 is 29.7 Å². The van der Waals surface area contributed by atoms with Crippen molar-refractivity contribution >= 4 is 17.7 Å². The fourth-order valence-electron chi connectivity index (χ4n) is 10.7. The number of unbranched alkanes of at least 4 members (excludes halogenated alkanes) is 11. The highest BCUT2D eigenvalue weighted by Crippen LogP contribution is 2.62. The topological polar surface area (TPSA) is 163 Å². The molecule has 6 rings (SSSR count). The number of halogens is 1. The number of rotatable bonds is 28. The molecule has 1 aliphatic heterocycles. The molecule has 0 spiro atoms. The van der Waals surface area contributed by atoms with Gasteiger partial charge in [0.2, 0.25) is 5.79 Å². The molecule has 1 fully saturated rings. The van der Waals surface area contributed by atoms with E-state index in [0.29, 0.717) is 53.3 Å². The number of benzene rings is 3. The summed E-state index contributed by atoms with van der Waals surface area (Å²) >= 11 is 0. The SMILES string of the molecule is C=CCOC12Oc3ccc(OC(=O)NCCCCCCCCCCCC)cc3C3C(CCCCO)C(CCCCO)C=C(C(=NOC)CC1N(Cc1ccc(F)cc1)C(=O)c1ccc(C#N)cc1)C32. The summed E-state index contributed by atoms with van der Waals surface area (Å²) < 4.78 is 34.8. The van der Waals surface area contributed by atoms with Crippen LogP contribution in [0.2, 0.25) is 0 Å². The number of aliphatic hydroxyl groups is 2. The van der Waals surface area contributed by atoms with Crippen molar-refractivity contribution in [3.8, 4) is 17.6 Å². The van der Waals surface area contributed by atoms with Gasteiger partial charge in [0.15, 0.2) is 0 Å². The predicted molar refractivity (Wildman–Crippen MR) is 265 cm³/mol. The molecular formula is C56H73FN4O8. The zero-order valence-corrected chi connectivity index (χ0v) is 40.7. The van der Waals surface area contributed by atoms with Gasteiger partial charge in [-0.3, -0.25) is 4.79 Å². The van der Waals surface area contributed by atoms with Gasteiger partial charge >= 0.3 is 6.09 Å². The smallest absolute Gasteiger partial charge is 0.412 e. The van der Waals surface area contributed by atoms with E-state index in [2.05, 4.69) is 36.1 Å². The molecule has 6 unspecified atom stereocenters. The highest BCUT2D eigenvalue weighted by atomic mass is 19.1. The molecular weight excluding hydrogens is 876 g/mol. The number of hydrogen-bond donors (Lipinski definition) is 3. The highest BCUT2D eigenvalue weighted by Gasteiger charge is 2.65. The summed E-state index contributed by atoms with van der Waals surface area (Å²) in [5.41, 5.74) is 3.67. The van der Waals surface area contributed by atoms with E-state index in [-0.39, 0.29) is 56.4 Å². The van der Waals surface area contributed by atoms with Gasteiger partial charge in [-0.1, -0.05) is 107 Å². The molecule has 12 nitrogen and oxygen atoms in total. The minimum absolute atomic E-state index is 0.00214. The zero-order valence-electron chi connectivity index (χ0n) is 40.7. The van der Waals surface area contributed by atoms with Crippen LogP contribution in [-0.2, 0) is 16.1 Å². The minimum Gasteiger partial charge on any atom is -0.459 e. The summed E-state index contributed by atoms with van der Waals surface area (Å²) in [4.78, 5) is 35.9. The first kappa shape index (κ1) is 52.8. The van der Waals surface area contributed by atoms with E-state index in [0.717, 1.165) is 56.1 Å². The predicted octanol–water partition coefficient (Wildman–Crippen LogP) is 11.3. The molecule has 3 aliphatic rings. The number of nitrogens with zero attached hydrogens (tertiary/aromatic N) is 3. The molecule has 1 saturated carbocycles. The number of fused-ring (bicyclic) bond motifs is 2. The van der Waals surface area contributed by atoms with Crippen molar-refractivity contribution in [2.24, 2.45) is 22.9 Å². The molecule has 0 bridgehead atoms. The van der Waals surface area contributed by atoms with Gasteiger partial charge in [-0.2, -0.15) is 5.26 Å². The van der Waals surface area contributed by atoms with E-state index in [1.165, 1.54) is 64.2 Å². The van der Waals surface area contributed by atoms with Crippen LogP contribution in [0.3, 0.4) is 0 Å². The van der Waals surface area contributed by atoms with Crippen molar-refractivity contribution in [2.75, 3.05) is 33.5 Å². The summed E-state index contributed by atoms with van der Waals surface area (Å²) in [5.74, 6) is -2.49. The Bertz CT molecular complexity index is 2230. The second kappa shape index (κ2) is 27.0. The third-order valence-corrected chi connectivity index (χ3v) is 14.0. The van der Waals surface area contributed by atoms with Gasteiger partial charge in [-0.25, -0.2) is 9.18 Å². The van der Waals surface area contributed by atoms with Crippen LogP contribution >= 0.6 is 0 Å². The van der Waals surface area contributed by atoms with Gasteiger partial charge in [0, 0.05) is 49.8 Å². The van der Waals surface area contributed by atoms with Crippen LogP contribution in [-0.4, -0.2) is 78.1 Å². The molecule has 2 aliphatic carbocycles. The molecule has 3 aromatic rings. The minimum atomic E-state index is -1.56. The fraction of sp³-hybridized carbons (Fsp3) is 0.536. The number of oxime groups is 1. The molecule has 13 heteroatoms. The van der Waals surface area contributed by atoms with E-state index >= 15 is 4.79 Å². The van der Waals surface area contributed by atoms with Gasteiger partial charge in [0.25, 0.3) is 5.91 Å². The Morgan fingerprint density at radius 1 is 0.928 bits per heavy atom. The van der Waals surface area contributed by atoms with Crippen LogP contribution in [0, 0.1) is 34.9 Å². The zero-order chi connectivity index (χ0) is 49.0. The molecule has 0 radical (unpaired) electrons. The molecule has 69 heavy (non-hydrogen) atoms.